The Kier molecular flexibility index (Phi) is 4.59. The number of nitrogens with zero attached hydrogens (tertiary/aromatic N) is 2. The van der Waals surface area contributed by atoms with Crippen molar-refractivity contribution in [3.05, 3.63) is 20.9 Å². The molecule has 2 aromatic heterocycles. The lowest BCUT2D eigenvalue weighted by Gasteiger charge is -2.02. The van der Waals surface area contributed by atoms with Gasteiger partial charge < -0.3 is 0 Å². The van der Waals surface area contributed by atoms with Gasteiger partial charge in [0.05, 0.1) is 0 Å². The number of nitrogens with one attached hydrogen (secondary N) is 1. The van der Waals surface area contributed by atoms with Crippen molar-refractivity contribution in [1.82, 2.24) is 10.2 Å². The molecule has 2 aromatic rings. The largest absolute Gasteiger partial charge is 0.274 e. The van der Waals surface area contributed by atoms with E-state index in [-0.39, 0.29) is 4.21 Å². The zero-order valence-corrected chi connectivity index (χ0v) is 14.3. The number of hydrogen-bond donors (Lipinski definition) is 1. The van der Waals surface area contributed by atoms with Crippen molar-refractivity contribution in [3.63, 3.8) is 0 Å². The number of thiophene rings is 1. The molecule has 0 aliphatic heterocycles. The Morgan fingerprint density at radius 2 is 2.16 bits per heavy atom. The summed E-state index contributed by atoms with van der Waals surface area (Å²) in [5.74, 6) is 0.462. The molecule has 5 nitrogen and oxygen atoms in total. The van der Waals surface area contributed by atoms with E-state index in [9.17, 15) is 8.42 Å². The molecule has 0 fully saturated rings. The van der Waals surface area contributed by atoms with Crippen molar-refractivity contribution in [2.45, 2.75) is 24.5 Å². The molecular weight excluding hydrogens is 370 g/mol. The first-order chi connectivity index (χ1) is 8.88. The van der Waals surface area contributed by atoms with E-state index < -0.39 is 10.0 Å². The van der Waals surface area contributed by atoms with Crippen LogP contribution in [0, 0.1) is 5.92 Å². The number of anilines is 1. The predicted octanol–water partition coefficient (Wildman–Crippen LogP) is 3.36. The van der Waals surface area contributed by atoms with Gasteiger partial charge in [-0.05, 0) is 33.3 Å². The minimum atomic E-state index is -3.59. The quantitative estimate of drug-likeness (QED) is 0.861. The standard InChI is InChI=1S/C10H12BrN3O2S3/c1-6(2)5-8-12-13-10(18-8)14-19(15,16)9-7(11)3-4-17-9/h3-4,6H,5H2,1-2H3,(H,13,14). The summed E-state index contributed by atoms with van der Waals surface area (Å²) in [6, 6.07) is 1.70. The monoisotopic (exact) mass is 381 g/mol. The van der Waals surface area contributed by atoms with Crippen LogP contribution in [0.25, 0.3) is 0 Å². The maximum atomic E-state index is 12.1. The van der Waals surface area contributed by atoms with Crippen LogP contribution in [0.4, 0.5) is 5.13 Å². The zero-order chi connectivity index (χ0) is 14.0. The maximum absolute atomic E-state index is 12.1. The van der Waals surface area contributed by atoms with Crippen LogP contribution in [0.1, 0.15) is 18.9 Å². The number of sulfonamides is 1. The summed E-state index contributed by atoms with van der Waals surface area (Å²) in [5.41, 5.74) is 0. The normalized spacial score (nSPS) is 12.0. The lowest BCUT2D eigenvalue weighted by atomic mass is 10.1. The van der Waals surface area contributed by atoms with Crippen LogP contribution in [-0.2, 0) is 16.4 Å². The summed E-state index contributed by atoms with van der Waals surface area (Å²) in [5, 5.41) is 10.7. The fourth-order valence-electron chi connectivity index (χ4n) is 1.36. The van der Waals surface area contributed by atoms with Crippen LogP contribution in [0.3, 0.4) is 0 Å². The highest BCUT2D eigenvalue weighted by molar-refractivity contribution is 9.10. The minimum Gasteiger partial charge on any atom is -0.252 e. The van der Waals surface area contributed by atoms with Crippen molar-refractivity contribution < 1.29 is 8.42 Å². The molecule has 0 aliphatic rings. The molecule has 0 amide bonds. The Morgan fingerprint density at radius 1 is 1.42 bits per heavy atom. The van der Waals surface area contributed by atoms with Gasteiger partial charge in [0.15, 0.2) is 4.21 Å². The third-order valence-corrected chi connectivity index (χ3v) is 7.10. The first-order valence-electron chi connectivity index (χ1n) is 5.46. The Balaban J connectivity index is 2.17. The van der Waals surface area contributed by atoms with E-state index in [1.165, 1.54) is 11.3 Å². The van der Waals surface area contributed by atoms with E-state index in [2.05, 4.69) is 44.7 Å². The lowest BCUT2D eigenvalue weighted by Crippen LogP contribution is -2.11. The highest BCUT2D eigenvalue weighted by Crippen LogP contribution is 2.30. The van der Waals surface area contributed by atoms with Crippen LogP contribution < -0.4 is 4.72 Å². The van der Waals surface area contributed by atoms with Gasteiger partial charge in [-0.1, -0.05) is 25.2 Å². The van der Waals surface area contributed by atoms with Gasteiger partial charge in [-0.3, -0.25) is 4.72 Å². The van der Waals surface area contributed by atoms with Crippen LogP contribution >= 0.6 is 38.6 Å². The van der Waals surface area contributed by atoms with Gasteiger partial charge in [0, 0.05) is 10.9 Å². The Hall–Kier alpha value is -0.510. The maximum Gasteiger partial charge on any atom is 0.274 e. The summed E-state index contributed by atoms with van der Waals surface area (Å²) in [6.07, 6.45) is 0.794. The van der Waals surface area contributed by atoms with Gasteiger partial charge in [0.2, 0.25) is 5.13 Å². The van der Waals surface area contributed by atoms with Crippen LogP contribution in [0.2, 0.25) is 0 Å². The molecule has 0 aliphatic carbocycles. The van der Waals surface area contributed by atoms with E-state index in [0.29, 0.717) is 15.5 Å². The summed E-state index contributed by atoms with van der Waals surface area (Å²) < 4.78 is 27.5. The molecule has 104 valence electrons. The van der Waals surface area contributed by atoms with Crippen LogP contribution in [0.5, 0.6) is 0 Å². The van der Waals surface area contributed by atoms with Crippen molar-refractivity contribution in [2.75, 3.05) is 4.72 Å². The fourth-order valence-corrected chi connectivity index (χ4v) is 5.88. The van der Waals surface area contributed by atoms with Gasteiger partial charge in [0.25, 0.3) is 10.0 Å². The van der Waals surface area contributed by atoms with Gasteiger partial charge in [-0.2, -0.15) is 0 Å². The highest BCUT2D eigenvalue weighted by atomic mass is 79.9. The average molecular weight is 382 g/mol. The highest BCUT2D eigenvalue weighted by Gasteiger charge is 2.21. The van der Waals surface area contributed by atoms with Crippen molar-refractivity contribution in [1.29, 1.82) is 0 Å². The van der Waals surface area contributed by atoms with Crippen molar-refractivity contribution in [3.8, 4) is 0 Å². The summed E-state index contributed by atoms with van der Waals surface area (Å²) in [4.78, 5) is 0. The second-order valence-electron chi connectivity index (χ2n) is 4.26. The van der Waals surface area contributed by atoms with E-state index in [1.807, 2.05) is 0 Å². The van der Waals surface area contributed by atoms with Crippen LogP contribution in [-0.4, -0.2) is 18.6 Å². The van der Waals surface area contributed by atoms with E-state index in [1.54, 1.807) is 11.4 Å². The molecule has 0 saturated heterocycles. The molecule has 0 aromatic carbocycles. The molecular formula is C10H12BrN3O2S3. The van der Waals surface area contributed by atoms with Gasteiger partial charge in [-0.25, -0.2) is 8.42 Å². The number of aromatic nitrogens is 2. The lowest BCUT2D eigenvalue weighted by molar-refractivity contribution is 0.602. The molecule has 9 heteroatoms. The SMILES string of the molecule is CC(C)Cc1nnc(NS(=O)(=O)c2sccc2Br)s1. The Labute approximate surface area is 128 Å². The summed E-state index contributed by atoms with van der Waals surface area (Å²) in [6.45, 7) is 4.15. The molecule has 0 unspecified atom stereocenters. The molecule has 2 heterocycles. The van der Waals surface area contributed by atoms with Gasteiger partial charge in [-0.15, -0.1) is 21.5 Å². The topological polar surface area (TPSA) is 72.0 Å². The van der Waals surface area contributed by atoms with Crippen LogP contribution in [0.15, 0.2) is 20.1 Å². The molecule has 19 heavy (non-hydrogen) atoms. The van der Waals surface area contributed by atoms with E-state index >= 15 is 0 Å². The third-order valence-electron chi connectivity index (χ3n) is 2.10. The molecule has 0 atom stereocenters. The molecule has 0 saturated carbocycles. The Bertz CT molecular complexity index is 663. The second kappa shape index (κ2) is 5.86. The van der Waals surface area contributed by atoms with Crippen molar-refractivity contribution in [2.24, 2.45) is 5.92 Å². The predicted molar refractivity (Wildman–Crippen MR) is 81.3 cm³/mol. The average Bonchev–Trinajstić information content (AvgIpc) is 2.86. The summed E-state index contributed by atoms with van der Waals surface area (Å²) >= 11 is 5.63. The molecule has 1 N–H and O–H groups in total. The second-order valence-corrected chi connectivity index (χ2v) is 8.97. The minimum absolute atomic E-state index is 0.244. The van der Waals surface area contributed by atoms with Gasteiger partial charge in [0.1, 0.15) is 5.01 Å². The smallest absolute Gasteiger partial charge is 0.252 e. The molecule has 0 radical (unpaired) electrons. The fraction of sp³-hybridized carbons (Fsp3) is 0.400. The first-order valence-corrected chi connectivity index (χ1v) is 9.44. The van der Waals surface area contributed by atoms with Gasteiger partial charge >= 0.3 is 0 Å². The van der Waals surface area contributed by atoms with Crippen molar-refractivity contribution >= 4 is 53.8 Å². The molecule has 0 spiro atoms. The Morgan fingerprint density at radius 3 is 2.74 bits per heavy atom. The first kappa shape index (κ1) is 14.9. The summed E-state index contributed by atoms with van der Waals surface area (Å²) in [7, 11) is -3.59. The van der Waals surface area contributed by atoms with E-state index in [4.69, 9.17) is 0 Å². The zero-order valence-electron chi connectivity index (χ0n) is 10.3. The number of hydrogen-bond acceptors (Lipinski definition) is 6. The third kappa shape index (κ3) is 3.74. The molecule has 0 bridgehead atoms. The van der Waals surface area contributed by atoms with E-state index in [0.717, 1.165) is 22.8 Å². The molecule has 2 rings (SSSR count). The number of halogens is 1. The number of rotatable bonds is 5.